The zero-order valence-electron chi connectivity index (χ0n) is 9.98. The molecule has 17 heavy (non-hydrogen) atoms. The highest BCUT2D eigenvalue weighted by Gasteiger charge is 2.60. The fourth-order valence-electron chi connectivity index (χ4n) is 2.63. The summed E-state index contributed by atoms with van der Waals surface area (Å²) in [5, 5.41) is 0. The molecule has 0 amide bonds. The topological polar surface area (TPSA) is 78.3 Å². The molecule has 2 unspecified atom stereocenters. The molecule has 0 aromatic heterocycles. The highest BCUT2D eigenvalue weighted by molar-refractivity contribution is 5.96. The van der Waals surface area contributed by atoms with Gasteiger partial charge in [0.25, 0.3) is 0 Å². The number of carbonyl (C=O) groups is 1. The Morgan fingerprint density at radius 3 is 2.71 bits per heavy atom. The zero-order chi connectivity index (χ0) is 12.5. The number of carbonyl (C=O) groups excluding carboxylic acids is 1. The van der Waals surface area contributed by atoms with Gasteiger partial charge in [-0.1, -0.05) is 18.2 Å². The molecule has 0 saturated heterocycles. The lowest BCUT2D eigenvalue weighted by atomic mass is 9.88. The second kappa shape index (κ2) is 4.47. The van der Waals surface area contributed by atoms with E-state index in [0.717, 1.165) is 17.7 Å². The highest BCUT2D eigenvalue weighted by atomic mass is 16.5. The van der Waals surface area contributed by atoms with Gasteiger partial charge in [-0.25, -0.2) is 0 Å². The number of methoxy groups -OCH3 is 1. The van der Waals surface area contributed by atoms with Gasteiger partial charge in [0.15, 0.2) is 5.78 Å². The Kier molecular flexibility index (Phi) is 3.17. The summed E-state index contributed by atoms with van der Waals surface area (Å²) < 4.78 is 5.33. The number of ketones is 1. The van der Waals surface area contributed by atoms with Crippen LogP contribution in [0.5, 0.6) is 5.75 Å². The summed E-state index contributed by atoms with van der Waals surface area (Å²) in [5.41, 5.74) is 11.6. The Bertz CT molecular complexity index is 433. The molecule has 0 aliphatic heterocycles. The average Bonchev–Trinajstić information content (AvgIpc) is 3.13. The summed E-state index contributed by atoms with van der Waals surface area (Å²) in [6.45, 7) is 0.554. The normalized spacial score (nSPS) is 26.6. The third-order valence-corrected chi connectivity index (χ3v) is 3.66. The van der Waals surface area contributed by atoms with Crippen LogP contribution in [0.2, 0.25) is 0 Å². The zero-order valence-corrected chi connectivity index (χ0v) is 9.98. The predicted molar refractivity (Wildman–Crippen MR) is 65.9 cm³/mol. The number of ether oxygens (including phenoxy) is 1. The maximum absolute atomic E-state index is 12.1. The summed E-state index contributed by atoms with van der Waals surface area (Å²) in [7, 11) is 1.61. The molecule has 0 spiro atoms. The van der Waals surface area contributed by atoms with Crippen LogP contribution in [0.1, 0.15) is 12.0 Å². The van der Waals surface area contributed by atoms with Crippen molar-refractivity contribution in [2.24, 2.45) is 17.4 Å². The number of para-hydroxylation sites is 1. The minimum Gasteiger partial charge on any atom is -0.496 e. The van der Waals surface area contributed by atoms with E-state index in [9.17, 15) is 4.79 Å². The lowest BCUT2D eigenvalue weighted by molar-refractivity contribution is -0.120. The van der Waals surface area contributed by atoms with Crippen molar-refractivity contribution in [3.05, 3.63) is 29.8 Å². The number of nitrogens with two attached hydrogens (primary N) is 2. The molecule has 1 aliphatic carbocycles. The molecule has 0 bridgehead atoms. The SMILES string of the molecule is COc1ccccc1C1(C(=O)CN)CC1CN. The molecule has 4 nitrogen and oxygen atoms in total. The van der Waals surface area contributed by atoms with Crippen LogP contribution in [0.3, 0.4) is 0 Å². The monoisotopic (exact) mass is 234 g/mol. The van der Waals surface area contributed by atoms with Crippen LogP contribution in [0, 0.1) is 5.92 Å². The summed E-state index contributed by atoms with van der Waals surface area (Å²) in [6.07, 6.45) is 0.778. The van der Waals surface area contributed by atoms with E-state index in [1.165, 1.54) is 0 Å². The lowest BCUT2D eigenvalue weighted by Gasteiger charge is -2.18. The van der Waals surface area contributed by atoms with Crippen molar-refractivity contribution in [2.75, 3.05) is 20.2 Å². The quantitative estimate of drug-likeness (QED) is 0.775. The molecule has 2 rings (SSSR count). The fraction of sp³-hybridized carbons (Fsp3) is 0.462. The van der Waals surface area contributed by atoms with Gasteiger partial charge in [-0.05, 0) is 24.9 Å². The molecule has 92 valence electrons. The third-order valence-electron chi connectivity index (χ3n) is 3.66. The molecule has 1 aromatic rings. The summed E-state index contributed by atoms with van der Waals surface area (Å²) in [5.74, 6) is 0.984. The number of hydrogen-bond donors (Lipinski definition) is 2. The number of rotatable bonds is 5. The highest BCUT2D eigenvalue weighted by Crippen LogP contribution is 2.56. The fourth-order valence-corrected chi connectivity index (χ4v) is 2.63. The minimum absolute atomic E-state index is 0.0501. The third kappa shape index (κ3) is 1.73. The molecule has 0 radical (unpaired) electrons. The van der Waals surface area contributed by atoms with Gasteiger partial charge in [0, 0.05) is 5.56 Å². The van der Waals surface area contributed by atoms with Crippen LogP contribution in [-0.4, -0.2) is 26.0 Å². The first-order chi connectivity index (χ1) is 8.20. The number of hydrogen-bond acceptors (Lipinski definition) is 4. The van der Waals surface area contributed by atoms with E-state index in [-0.39, 0.29) is 18.2 Å². The van der Waals surface area contributed by atoms with Crippen molar-refractivity contribution in [3.63, 3.8) is 0 Å². The molecule has 1 fully saturated rings. The first-order valence-corrected chi connectivity index (χ1v) is 5.77. The van der Waals surface area contributed by atoms with Crippen LogP contribution < -0.4 is 16.2 Å². The first kappa shape index (κ1) is 12.1. The van der Waals surface area contributed by atoms with E-state index in [1.807, 2.05) is 24.3 Å². The van der Waals surface area contributed by atoms with E-state index >= 15 is 0 Å². The molecule has 0 heterocycles. The Morgan fingerprint density at radius 2 is 2.18 bits per heavy atom. The lowest BCUT2D eigenvalue weighted by Crippen LogP contribution is -2.31. The molecule has 2 atom stereocenters. The molecule has 1 saturated carbocycles. The Morgan fingerprint density at radius 1 is 1.47 bits per heavy atom. The van der Waals surface area contributed by atoms with Crippen LogP contribution in [0.4, 0.5) is 0 Å². The predicted octanol–water partition coefficient (Wildman–Crippen LogP) is 0.439. The van der Waals surface area contributed by atoms with E-state index in [1.54, 1.807) is 7.11 Å². The van der Waals surface area contributed by atoms with Gasteiger partial charge < -0.3 is 16.2 Å². The second-order valence-electron chi connectivity index (χ2n) is 4.44. The standard InChI is InChI=1S/C13H18N2O2/c1-17-11-5-3-2-4-10(11)13(12(16)8-15)6-9(13)7-14/h2-5,9H,6-8,14-15H2,1H3. The largest absolute Gasteiger partial charge is 0.496 e. The Labute approximate surface area is 101 Å². The molecular formula is C13H18N2O2. The van der Waals surface area contributed by atoms with Crippen LogP contribution in [-0.2, 0) is 10.2 Å². The average molecular weight is 234 g/mol. The molecular weight excluding hydrogens is 216 g/mol. The van der Waals surface area contributed by atoms with Gasteiger partial charge in [0.1, 0.15) is 5.75 Å². The minimum atomic E-state index is -0.504. The first-order valence-electron chi connectivity index (χ1n) is 5.77. The van der Waals surface area contributed by atoms with Crippen LogP contribution in [0.25, 0.3) is 0 Å². The van der Waals surface area contributed by atoms with E-state index in [0.29, 0.717) is 6.54 Å². The van der Waals surface area contributed by atoms with E-state index in [4.69, 9.17) is 16.2 Å². The van der Waals surface area contributed by atoms with Gasteiger partial charge in [0.05, 0.1) is 19.1 Å². The smallest absolute Gasteiger partial charge is 0.157 e. The maximum atomic E-state index is 12.1. The van der Waals surface area contributed by atoms with Crippen molar-refractivity contribution in [1.82, 2.24) is 0 Å². The van der Waals surface area contributed by atoms with Crippen molar-refractivity contribution in [3.8, 4) is 5.75 Å². The van der Waals surface area contributed by atoms with E-state index < -0.39 is 5.41 Å². The summed E-state index contributed by atoms with van der Waals surface area (Å²) in [6, 6.07) is 7.60. The Hall–Kier alpha value is -1.39. The van der Waals surface area contributed by atoms with Crippen molar-refractivity contribution < 1.29 is 9.53 Å². The molecule has 4 heteroatoms. The van der Waals surface area contributed by atoms with Crippen molar-refractivity contribution in [2.45, 2.75) is 11.8 Å². The van der Waals surface area contributed by atoms with Gasteiger partial charge in [-0.15, -0.1) is 0 Å². The maximum Gasteiger partial charge on any atom is 0.157 e. The van der Waals surface area contributed by atoms with E-state index in [2.05, 4.69) is 0 Å². The second-order valence-corrected chi connectivity index (χ2v) is 4.44. The summed E-state index contributed by atoms with van der Waals surface area (Å²) in [4.78, 5) is 12.1. The molecule has 1 aliphatic rings. The molecule has 4 N–H and O–H groups in total. The summed E-state index contributed by atoms with van der Waals surface area (Å²) >= 11 is 0. The van der Waals surface area contributed by atoms with Gasteiger partial charge in [-0.2, -0.15) is 0 Å². The molecule has 1 aromatic carbocycles. The van der Waals surface area contributed by atoms with Crippen LogP contribution in [0.15, 0.2) is 24.3 Å². The van der Waals surface area contributed by atoms with Crippen LogP contribution >= 0.6 is 0 Å². The number of Topliss-reactive ketones (excluding diaryl/α,β-unsaturated/α-hetero) is 1. The van der Waals surface area contributed by atoms with Crippen molar-refractivity contribution in [1.29, 1.82) is 0 Å². The van der Waals surface area contributed by atoms with Gasteiger partial charge in [0.2, 0.25) is 0 Å². The van der Waals surface area contributed by atoms with Gasteiger partial charge in [-0.3, -0.25) is 4.79 Å². The number of benzene rings is 1. The van der Waals surface area contributed by atoms with Gasteiger partial charge >= 0.3 is 0 Å². The van der Waals surface area contributed by atoms with Crippen molar-refractivity contribution >= 4 is 5.78 Å². The Balaban J connectivity index is 2.45.